The highest BCUT2D eigenvalue weighted by molar-refractivity contribution is 5.86. The highest BCUT2D eigenvalue weighted by atomic mass is 16.4. The van der Waals surface area contributed by atoms with Crippen LogP contribution in [0.4, 0.5) is 4.79 Å². The molecule has 1 rings (SSSR count). The lowest BCUT2D eigenvalue weighted by molar-refractivity contribution is -0.150. The minimum Gasteiger partial charge on any atom is -0.480 e. The number of aliphatic carboxylic acids is 1. The number of amides is 2. The van der Waals surface area contributed by atoms with Crippen molar-refractivity contribution in [2.45, 2.75) is 71.3 Å². The molecule has 5 heteroatoms. The molecule has 2 atom stereocenters. The van der Waals surface area contributed by atoms with Crippen LogP contribution in [0.15, 0.2) is 0 Å². The van der Waals surface area contributed by atoms with Crippen molar-refractivity contribution in [3.8, 4) is 0 Å². The number of nitrogens with one attached hydrogen (secondary N) is 1. The summed E-state index contributed by atoms with van der Waals surface area (Å²) in [5, 5.41) is 12.4. The predicted molar refractivity (Wildman–Crippen MR) is 83.3 cm³/mol. The molecule has 0 aromatic carbocycles. The van der Waals surface area contributed by atoms with E-state index in [4.69, 9.17) is 0 Å². The first-order chi connectivity index (χ1) is 9.95. The van der Waals surface area contributed by atoms with E-state index in [-0.39, 0.29) is 6.03 Å². The van der Waals surface area contributed by atoms with Gasteiger partial charge in [0, 0.05) is 13.1 Å². The molecule has 0 bridgehead atoms. The molecule has 0 aromatic heterocycles. The number of carbonyl (C=O) groups excluding carboxylic acids is 1. The Morgan fingerprint density at radius 2 is 2.05 bits per heavy atom. The number of piperidine rings is 1. The van der Waals surface area contributed by atoms with Crippen LogP contribution in [0.25, 0.3) is 0 Å². The SMILES string of the molecule is CCCCC(CC)CNC(=O)N1CCCCC1(C)C(=O)O. The van der Waals surface area contributed by atoms with E-state index in [1.807, 2.05) is 0 Å². The number of unbranched alkanes of at least 4 members (excludes halogenated alkanes) is 1. The molecule has 5 nitrogen and oxygen atoms in total. The van der Waals surface area contributed by atoms with Gasteiger partial charge in [0.1, 0.15) is 5.54 Å². The second-order valence-corrected chi connectivity index (χ2v) is 6.29. The van der Waals surface area contributed by atoms with Crippen molar-refractivity contribution < 1.29 is 14.7 Å². The molecule has 1 fully saturated rings. The van der Waals surface area contributed by atoms with Crippen LogP contribution in [0, 0.1) is 5.92 Å². The van der Waals surface area contributed by atoms with Crippen LogP contribution in [0.1, 0.15) is 65.7 Å². The Kier molecular flexibility index (Phi) is 6.99. The first kappa shape index (κ1) is 17.8. The van der Waals surface area contributed by atoms with Gasteiger partial charge in [-0.15, -0.1) is 0 Å². The normalized spacial score (nSPS) is 23.7. The van der Waals surface area contributed by atoms with E-state index in [9.17, 15) is 14.7 Å². The van der Waals surface area contributed by atoms with Crippen molar-refractivity contribution in [2.75, 3.05) is 13.1 Å². The first-order valence-electron chi connectivity index (χ1n) is 8.24. The van der Waals surface area contributed by atoms with Crippen molar-refractivity contribution >= 4 is 12.0 Å². The Balaban J connectivity index is 2.58. The Hall–Kier alpha value is -1.26. The Morgan fingerprint density at radius 3 is 2.62 bits per heavy atom. The van der Waals surface area contributed by atoms with E-state index in [1.54, 1.807) is 6.92 Å². The number of carboxylic acid groups (broad SMARTS) is 1. The molecule has 21 heavy (non-hydrogen) atoms. The number of hydrogen-bond acceptors (Lipinski definition) is 2. The third-order valence-electron chi connectivity index (χ3n) is 4.68. The standard InChI is InChI=1S/C16H30N2O3/c1-4-6-9-13(5-2)12-17-15(21)18-11-8-7-10-16(18,3)14(19)20/h13H,4-12H2,1-3H3,(H,17,21)(H,19,20). The largest absolute Gasteiger partial charge is 0.480 e. The van der Waals surface area contributed by atoms with Crippen LogP contribution in [0.5, 0.6) is 0 Å². The van der Waals surface area contributed by atoms with Crippen LogP contribution in [0.3, 0.4) is 0 Å². The third kappa shape index (κ3) is 4.61. The van der Waals surface area contributed by atoms with E-state index in [2.05, 4.69) is 19.2 Å². The number of nitrogens with zero attached hydrogens (tertiary/aromatic N) is 1. The summed E-state index contributed by atoms with van der Waals surface area (Å²) in [4.78, 5) is 25.4. The summed E-state index contributed by atoms with van der Waals surface area (Å²) < 4.78 is 0. The number of carboxylic acids is 1. The second kappa shape index (κ2) is 8.25. The lowest BCUT2D eigenvalue weighted by atomic mass is 9.89. The minimum absolute atomic E-state index is 0.227. The number of rotatable bonds is 7. The summed E-state index contributed by atoms with van der Waals surface area (Å²) in [6.45, 7) is 7.12. The van der Waals surface area contributed by atoms with Crippen LogP contribution in [-0.4, -0.2) is 40.6 Å². The molecule has 2 amide bonds. The van der Waals surface area contributed by atoms with Gasteiger partial charge in [-0.1, -0.05) is 33.1 Å². The average Bonchev–Trinajstić information content (AvgIpc) is 2.47. The smallest absolute Gasteiger partial charge is 0.329 e. The number of urea groups is 1. The molecule has 1 saturated heterocycles. The van der Waals surface area contributed by atoms with Gasteiger partial charge in [-0.2, -0.15) is 0 Å². The van der Waals surface area contributed by atoms with Gasteiger partial charge in [-0.25, -0.2) is 9.59 Å². The summed E-state index contributed by atoms with van der Waals surface area (Å²) in [6.07, 6.45) is 6.76. The molecule has 0 spiro atoms. The average molecular weight is 298 g/mol. The highest BCUT2D eigenvalue weighted by Crippen LogP contribution is 2.28. The van der Waals surface area contributed by atoms with Gasteiger partial charge in [0.15, 0.2) is 0 Å². The summed E-state index contributed by atoms with van der Waals surface area (Å²) in [5.74, 6) is -0.426. The van der Waals surface area contributed by atoms with Crippen molar-refractivity contribution in [1.29, 1.82) is 0 Å². The Bertz CT molecular complexity index is 359. The number of hydrogen-bond donors (Lipinski definition) is 2. The minimum atomic E-state index is -1.06. The van der Waals surface area contributed by atoms with E-state index in [0.29, 0.717) is 25.4 Å². The maximum atomic E-state index is 12.4. The van der Waals surface area contributed by atoms with Crippen molar-refractivity contribution in [1.82, 2.24) is 10.2 Å². The highest BCUT2D eigenvalue weighted by Gasteiger charge is 2.43. The maximum absolute atomic E-state index is 12.4. The zero-order valence-electron chi connectivity index (χ0n) is 13.7. The Morgan fingerprint density at radius 1 is 1.33 bits per heavy atom. The molecule has 0 saturated carbocycles. The molecule has 0 aromatic rings. The molecule has 1 heterocycles. The van der Waals surface area contributed by atoms with Gasteiger partial charge in [0.2, 0.25) is 0 Å². The molecule has 2 unspecified atom stereocenters. The molecule has 2 N–H and O–H groups in total. The molecule has 0 aliphatic carbocycles. The molecular formula is C16H30N2O3. The number of carbonyl (C=O) groups is 2. The van der Waals surface area contributed by atoms with E-state index in [0.717, 1.165) is 32.1 Å². The fourth-order valence-electron chi connectivity index (χ4n) is 2.94. The lowest BCUT2D eigenvalue weighted by Crippen LogP contribution is -2.60. The fraction of sp³-hybridized carbons (Fsp3) is 0.875. The van der Waals surface area contributed by atoms with E-state index < -0.39 is 11.5 Å². The van der Waals surface area contributed by atoms with Gasteiger partial charge in [-0.3, -0.25) is 0 Å². The van der Waals surface area contributed by atoms with Gasteiger partial charge in [0.05, 0.1) is 0 Å². The van der Waals surface area contributed by atoms with Gasteiger partial charge in [0.25, 0.3) is 0 Å². The van der Waals surface area contributed by atoms with Gasteiger partial charge in [-0.05, 0) is 38.5 Å². The molecular weight excluding hydrogens is 268 g/mol. The summed E-state index contributed by atoms with van der Waals surface area (Å²) in [7, 11) is 0. The summed E-state index contributed by atoms with van der Waals surface area (Å²) in [5.41, 5.74) is -1.06. The molecule has 1 aliphatic heterocycles. The topological polar surface area (TPSA) is 69.6 Å². The summed E-state index contributed by atoms with van der Waals surface area (Å²) in [6, 6.07) is -0.227. The van der Waals surface area contributed by atoms with Crippen LogP contribution >= 0.6 is 0 Å². The van der Waals surface area contributed by atoms with Crippen molar-refractivity contribution in [3.05, 3.63) is 0 Å². The second-order valence-electron chi connectivity index (χ2n) is 6.29. The van der Waals surface area contributed by atoms with Crippen LogP contribution in [0.2, 0.25) is 0 Å². The zero-order valence-corrected chi connectivity index (χ0v) is 13.7. The third-order valence-corrected chi connectivity index (χ3v) is 4.68. The zero-order chi connectivity index (χ0) is 15.9. The van der Waals surface area contributed by atoms with Gasteiger partial charge < -0.3 is 15.3 Å². The van der Waals surface area contributed by atoms with Crippen molar-refractivity contribution in [3.63, 3.8) is 0 Å². The predicted octanol–water partition coefficient (Wildman–Crippen LogP) is 3.24. The van der Waals surface area contributed by atoms with E-state index in [1.165, 1.54) is 11.3 Å². The van der Waals surface area contributed by atoms with Gasteiger partial charge >= 0.3 is 12.0 Å². The summed E-state index contributed by atoms with van der Waals surface area (Å²) >= 11 is 0. The van der Waals surface area contributed by atoms with Crippen molar-refractivity contribution in [2.24, 2.45) is 5.92 Å². The fourth-order valence-corrected chi connectivity index (χ4v) is 2.94. The lowest BCUT2D eigenvalue weighted by Gasteiger charge is -2.41. The molecule has 122 valence electrons. The quantitative estimate of drug-likeness (QED) is 0.758. The Labute approximate surface area is 128 Å². The number of likely N-dealkylation sites (tertiary alicyclic amines) is 1. The molecule has 1 aliphatic rings. The molecule has 0 radical (unpaired) electrons. The van der Waals surface area contributed by atoms with Crippen LogP contribution < -0.4 is 5.32 Å². The first-order valence-corrected chi connectivity index (χ1v) is 8.24. The van der Waals surface area contributed by atoms with E-state index >= 15 is 0 Å². The monoisotopic (exact) mass is 298 g/mol. The maximum Gasteiger partial charge on any atom is 0.329 e. The van der Waals surface area contributed by atoms with Crippen LogP contribution in [-0.2, 0) is 4.79 Å².